The monoisotopic (exact) mass is 528 g/mol. The van der Waals surface area contributed by atoms with Crippen LogP contribution in [0.25, 0.3) is 22.3 Å². The summed E-state index contributed by atoms with van der Waals surface area (Å²) in [4.78, 5) is 23.7. The third-order valence-corrected chi connectivity index (χ3v) is 6.47. The molecule has 184 valence electrons. The normalized spacial score (nSPS) is 17.7. The minimum absolute atomic E-state index is 0. The molecule has 2 aromatic heterocycles. The van der Waals surface area contributed by atoms with Crippen molar-refractivity contribution >= 4 is 58.9 Å². The number of hydrogen-bond acceptors (Lipinski definition) is 6. The molecule has 0 saturated heterocycles. The van der Waals surface area contributed by atoms with Gasteiger partial charge in [-0.3, -0.25) is 9.78 Å². The minimum atomic E-state index is -0.819. The Balaban J connectivity index is 0.00000204. The van der Waals surface area contributed by atoms with Crippen LogP contribution in [-0.2, 0) is 0 Å². The van der Waals surface area contributed by atoms with Gasteiger partial charge in [0.1, 0.15) is 5.52 Å². The van der Waals surface area contributed by atoms with Gasteiger partial charge in [0.15, 0.2) is 17.3 Å². The van der Waals surface area contributed by atoms with E-state index in [0.717, 1.165) is 25.7 Å². The lowest BCUT2D eigenvalue weighted by Crippen LogP contribution is -2.36. The van der Waals surface area contributed by atoms with E-state index >= 15 is 0 Å². The molecule has 4 rings (SSSR count). The van der Waals surface area contributed by atoms with Gasteiger partial charge >= 0.3 is 0 Å². The second kappa shape index (κ2) is 11.5. The Bertz CT molecular complexity index is 1160. The topological polar surface area (TPSA) is 78.3 Å². The number of carbonyl (C=O) groups excluding carboxylic acids is 1. The number of aromatic nitrogens is 2. The lowest BCUT2D eigenvalue weighted by molar-refractivity contribution is 0.101. The zero-order chi connectivity index (χ0) is 23.0. The first-order valence-corrected chi connectivity index (χ1v) is 11.0. The van der Waals surface area contributed by atoms with Crippen LogP contribution in [0.3, 0.4) is 0 Å². The number of nitrogens with zero attached hydrogens (tertiary/aromatic N) is 3. The van der Waals surface area contributed by atoms with Crippen LogP contribution < -0.4 is 5.32 Å². The van der Waals surface area contributed by atoms with Gasteiger partial charge in [-0.05, 0) is 71.0 Å². The number of halogens is 4. The number of pyridine rings is 2. The van der Waals surface area contributed by atoms with Gasteiger partial charge in [0.25, 0.3) is 0 Å². The van der Waals surface area contributed by atoms with Crippen LogP contribution in [0.2, 0.25) is 5.02 Å². The molecule has 0 spiro atoms. The summed E-state index contributed by atoms with van der Waals surface area (Å²) in [5.74, 6) is -1.51. The third-order valence-electron chi connectivity index (χ3n) is 6.18. The van der Waals surface area contributed by atoms with E-state index in [1.807, 2.05) is 0 Å². The largest absolute Gasteiger partial charge is 0.504 e. The lowest BCUT2D eigenvalue weighted by Gasteiger charge is -2.33. The highest BCUT2D eigenvalue weighted by molar-refractivity contribution is 6.32. The molecule has 3 aromatic rings. The number of rotatable bonds is 5. The van der Waals surface area contributed by atoms with E-state index in [1.54, 1.807) is 18.3 Å². The summed E-state index contributed by atoms with van der Waals surface area (Å²) in [7, 11) is 4.21. The molecule has 1 aliphatic carbocycles. The molecule has 1 saturated carbocycles. The van der Waals surface area contributed by atoms with Crippen molar-refractivity contribution < 1.29 is 14.3 Å². The molecule has 1 aliphatic rings. The Hall–Kier alpha value is -2.19. The summed E-state index contributed by atoms with van der Waals surface area (Å²) in [6.45, 7) is 1.51. The maximum atomic E-state index is 14.1. The van der Waals surface area contributed by atoms with Crippen molar-refractivity contribution in [3.63, 3.8) is 0 Å². The Morgan fingerprint density at radius 3 is 2.44 bits per heavy atom. The number of benzene rings is 1. The van der Waals surface area contributed by atoms with Crippen LogP contribution in [0, 0.1) is 5.82 Å². The van der Waals surface area contributed by atoms with Crippen molar-refractivity contribution in [1.29, 1.82) is 0 Å². The fourth-order valence-electron chi connectivity index (χ4n) is 4.29. The molecule has 0 amide bonds. The van der Waals surface area contributed by atoms with E-state index in [9.17, 15) is 14.3 Å². The summed E-state index contributed by atoms with van der Waals surface area (Å²) in [6.07, 6.45) is 5.71. The number of fused-ring (bicyclic) bond motifs is 1. The van der Waals surface area contributed by atoms with Gasteiger partial charge < -0.3 is 15.3 Å². The van der Waals surface area contributed by atoms with Gasteiger partial charge in [-0.1, -0.05) is 11.6 Å². The van der Waals surface area contributed by atoms with Crippen molar-refractivity contribution in [2.24, 2.45) is 0 Å². The highest BCUT2D eigenvalue weighted by Crippen LogP contribution is 2.34. The molecule has 0 bridgehead atoms. The lowest BCUT2D eigenvalue weighted by atomic mass is 9.90. The number of phenolic OH excluding ortho intramolecular Hbond substituents is 1. The summed E-state index contributed by atoms with van der Waals surface area (Å²) < 4.78 is 14.1. The Morgan fingerprint density at radius 1 is 1.18 bits per heavy atom. The van der Waals surface area contributed by atoms with Crippen molar-refractivity contribution in [2.45, 2.75) is 44.7 Å². The number of carbonyl (C=O) groups is 1. The standard InChI is InChI=1S/C24H26ClFN4O2.2ClH/c1-13(31)17-12-27-21-9-8-20(14-10-18(25)24(32)19(26)11-14)29-23(21)22(17)28-15-4-6-16(7-5-15)30(2)3;;/h8-12,15-16,32H,4-7H2,1-3H3,(H,27,28);2*1H. The molecular weight excluding hydrogens is 502 g/mol. The first-order chi connectivity index (χ1) is 15.2. The number of aromatic hydroxyl groups is 1. The van der Waals surface area contributed by atoms with Crippen molar-refractivity contribution in [3.8, 4) is 17.0 Å². The van der Waals surface area contributed by atoms with Crippen molar-refractivity contribution in [3.05, 3.63) is 46.9 Å². The van der Waals surface area contributed by atoms with Gasteiger partial charge in [0.2, 0.25) is 0 Å². The van der Waals surface area contributed by atoms with E-state index in [0.29, 0.717) is 39.6 Å². The van der Waals surface area contributed by atoms with E-state index in [-0.39, 0.29) is 41.7 Å². The first-order valence-electron chi connectivity index (χ1n) is 10.7. The zero-order valence-electron chi connectivity index (χ0n) is 19.1. The van der Waals surface area contributed by atoms with Crippen LogP contribution in [0.1, 0.15) is 43.0 Å². The Morgan fingerprint density at radius 2 is 1.85 bits per heavy atom. The fraction of sp³-hybridized carbons (Fsp3) is 0.375. The maximum Gasteiger partial charge on any atom is 0.170 e. The van der Waals surface area contributed by atoms with Crippen molar-refractivity contribution in [1.82, 2.24) is 14.9 Å². The molecule has 34 heavy (non-hydrogen) atoms. The van der Waals surface area contributed by atoms with Crippen LogP contribution in [0.5, 0.6) is 5.75 Å². The van der Waals surface area contributed by atoms with Crippen LogP contribution in [-0.4, -0.2) is 51.9 Å². The predicted octanol–water partition coefficient (Wildman–Crippen LogP) is 6.13. The quantitative estimate of drug-likeness (QED) is 0.387. The van der Waals surface area contributed by atoms with Gasteiger partial charge in [-0.2, -0.15) is 0 Å². The van der Waals surface area contributed by atoms with Crippen molar-refractivity contribution in [2.75, 3.05) is 19.4 Å². The molecule has 0 unspecified atom stereocenters. The molecule has 2 N–H and O–H groups in total. The molecule has 1 aromatic carbocycles. The summed E-state index contributed by atoms with van der Waals surface area (Å²) in [6, 6.07) is 6.94. The second-order valence-corrected chi connectivity index (χ2v) is 8.98. The van der Waals surface area contributed by atoms with Gasteiger partial charge in [-0.25, -0.2) is 9.37 Å². The number of ketones is 1. The molecule has 0 aliphatic heterocycles. The number of hydrogen-bond donors (Lipinski definition) is 2. The van der Waals surface area contributed by atoms with Crippen LogP contribution in [0.15, 0.2) is 30.5 Å². The third kappa shape index (κ3) is 5.71. The minimum Gasteiger partial charge on any atom is -0.504 e. The maximum absolute atomic E-state index is 14.1. The van der Waals surface area contributed by atoms with E-state index in [2.05, 4.69) is 29.3 Å². The summed E-state index contributed by atoms with van der Waals surface area (Å²) >= 11 is 5.96. The van der Waals surface area contributed by atoms with E-state index in [4.69, 9.17) is 16.6 Å². The first kappa shape index (κ1) is 28.1. The Kier molecular flexibility index (Phi) is 9.48. The second-order valence-electron chi connectivity index (χ2n) is 8.57. The number of Topliss-reactive ketones (excluding diaryl/α,β-unsaturated/α-hetero) is 1. The zero-order valence-corrected chi connectivity index (χ0v) is 21.5. The molecule has 6 nitrogen and oxygen atoms in total. The highest BCUT2D eigenvalue weighted by Gasteiger charge is 2.25. The smallest absolute Gasteiger partial charge is 0.170 e. The van der Waals surface area contributed by atoms with Gasteiger partial charge in [0.05, 0.1) is 27.5 Å². The average molecular weight is 530 g/mol. The molecule has 0 atom stereocenters. The molecular formula is C24H28Cl3FN4O2. The molecule has 0 radical (unpaired) electrons. The highest BCUT2D eigenvalue weighted by atomic mass is 35.5. The summed E-state index contributed by atoms with van der Waals surface area (Å²) in [5.41, 5.74) is 3.22. The number of phenols is 1. The molecule has 10 heteroatoms. The van der Waals surface area contributed by atoms with E-state index < -0.39 is 11.6 Å². The van der Waals surface area contributed by atoms with E-state index in [1.165, 1.54) is 19.1 Å². The van der Waals surface area contributed by atoms with Crippen LogP contribution in [0.4, 0.5) is 10.1 Å². The molecule has 1 fully saturated rings. The Labute approximate surface area is 215 Å². The number of anilines is 1. The fourth-order valence-corrected chi connectivity index (χ4v) is 4.50. The predicted molar refractivity (Wildman–Crippen MR) is 139 cm³/mol. The number of nitrogens with one attached hydrogen (secondary N) is 1. The van der Waals surface area contributed by atoms with Gasteiger partial charge in [-0.15, -0.1) is 24.8 Å². The average Bonchev–Trinajstić information content (AvgIpc) is 2.77. The molecule has 2 heterocycles. The SMILES string of the molecule is CC(=O)c1cnc2ccc(-c3cc(F)c(O)c(Cl)c3)nc2c1NC1CCC(N(C)C)CC1.Cl.Cl. The van der Waals surface area contributed by atoms with Crippen LogP contribution >= 0.6 is 36.4 Å². The van der Waals surface area contributed by atoms with Gasteiger partial charge in [0, 0.05) is 23.8 Å². The summed E-state index contributed by atoms with van der Waals surface area (Å²) in [5, 5.41) is 13.1.